The maximum absolute atomic E-state index is 12.7. The monoisotopic (exact) mass is 332 g/mol. The molecule has 1 atom stereocenters. The highest BCUT2D eigenvalue weighted by Crippen LogP contribution is 2.28. The molecule has 0 aliphatic rings. The minimum atomic E-state index is -3.78. The quantitative estimate of drug-likeness (QED) is 0.841. The number of hydrogen-bond acceptors (Lipinski definition) is 5. The van der Waals surface area contributed by atoms with E-state index in [9.17, 15) is 8.42 Å². The zero-order chi connectivity index (χ0) is 14.9. The van der Waals surface area contributed by atoms with Gasteiger partial charge in [-0.05, 0) is 6.92 Å². The highest BCUT2D eigenvalue weighted by Gasteiger charge is 2.31. The second-order valence-corrected chi connectivity index (χ2v) is 7.33. The van der Waals surface area contributed by atoms with Crippen LogP contribution in [-0.2, 0) is 10.0 Å². The first-order valence-electron chi connectivity index (χ1n) is 5.92. The van der Waals surface area contributed by atoms with E-state index in [1.807, 2.05) is 6.07 Å². The van der Waals surface area contributed by atoms with Crippen molar-refractivity contribution in [3.8, 4) is 6.07 Å². The van der Waals surface area contributed by atoms with Crippen LogP contribution in [-0.4, -0.2) is 35.2 Å². The van der Waals surface area contributed by atoms with Gasteiger partial charge in [-0.1, -0.05) is 18.5 Å². The van der Waals surface area contributed by atoms with Gasteiger partial charge in [0.15, 0.2) is 15.1 Å². The molecular weight excluding hydrogens is 320 g/mol. The molecule has 1 unspecified atom stereocenters. The molecular formula is C11H13ClN4O2S2. The molecule has 0 aliphatic heterocycles. The van der Waals surface area contributed by atoms with Crippen LogP contribution in [0, 0.1) is 17.2 Å². The van der Waals surface area contributed by atoms with E-state index in [0.717, 1.165) is 0 Å². The van der Waals surface area contributed by atoms with Crippen LogP contribution < -0.4 is 0 Å². The van der Waals surface area contributed by atoms with Crippen LogP contribution in [0.25, 0.3) is 4.96 Å². The molecule has 0 amide bonds. The van der Waals surface area contributed by atoms with Crippen molar-refractivity contribution in [2.24, 2.45) is 5.92 Å². The summed E-state index contributed by atoms with van der Waals surface area (Å²) in [4.78, 5) is 4.56. The maximum atomic E-state index is 12.7. The van der Waals surface area contributed by atoms with E-state index in [2.05, 4.69) is 4.98 Å². The van der Waals surface area contributed by atoms with E-state index in [4.69, 9.17) is 16.9 Å². The van der Waals surface area contributed by atoms with Crippen molar-refractivity contribution in [3.05, 3.63) is 16.7 Å². The molecule has 0 fully saturated rings. The Morgan fingerprint density at radius 3 is 2.95 bits per heavy atom. The first-order valence-corrected chi connectivity index (χ1v) is 8.62. The summed E-state index contributed by atoms with van der Waals surface area (Å²) in [6.45, 7) is 3.79. The topological polar surface area (TPSA) is 78.5 Å². The van der Waals surface area contributed by atoms with Crippen LogP contribution in [0.4, 0.5) is 0 Å². The Morgan fingerprint density at radius 2 is 2.35 bits per heavy atom. The van der Waals surface area contributed by atoms with Crippen LogP contribution >= 0.6 is 22.9 Å². The summed E-state index contributed by atoms with van der Waals surface area (Å²) in [7, 11) is -3.78. The number of hydrogen-bond donors (Lipinski definition) is 0. The molecule has 0 saturated carbocycles. The van der Waals surface area contributed by atoms with Gasteiger partial charge in [0.1, 0.15) is 0 Å². The maximum Gasteiger partial charge on any atom is 0.262 e. The van der Waals surface area contributed by atoms with Crippen molar-refractivity contribution in [3.63, 3.8) is 0 Å². The van der Waals surface area contributed by atoms with E-state index >= 15 is 0 Å². The van der Waals surface area contributed by atoms with E-state index < -0.39 is 15.9 Å². The first kappa shape index (κ1) is 15.3. The first-order chi connectivity index (χ1) is 9.41. The third kappa shape index (κ3) is 2.54. The molecule has 9 heteroatoms. The van der Waals surface area contributed by atoms with Crippen LogP contribution in [0.3, 0.4) is 0 Å². The van der Waals surface area contributed by atoms with Crippen LogP contribution in [0.5, 0.6) is 0 Å². The van der Waals surface area contributed by atoms with Gasteiger partial charge in [-0.25, -0.2) is 13.4 Å². The summed E-state index contributed by atoms with van der Waals surface area (Å²) in [5.74, 6) is -0.394. The second kappa shape index (κ2) is 5.69. The lowest BCUT2D eigenvalue weighted by atomic mass is 10.2. The predicted octanol–water partition coefficient (Wildman–Crippen LogP) is 2.22. The van der Waals surface area contributed by atoms with Crippen LogP contribution in [0.1, 0.15) is 13.8 Å². The van der Waals surface area contributed by atoms with Gasteiger partial charge in [-0.15, -0.1) is 11.3 Å². The summed E-state index contributed by atoms with van der Waals surface area (Å²) >= 11 is 7.28. The standard InChI is InChI=1S/C11H13ClN4O2S2/c1-3-15(7-8(2)6-13)20(17,18)10-9(12)14-11-16(10)4-5-19-11/h4-5,8H,3,7H2,1-2H3. The van der Waals surface area contributed by atoms with Crippen molar-refractivity contribution in [2.75, 3.05) is 13.1 Å². The molecule has 0 aliphatic carbocycles. The Kier molecular flexibility index (Phi) is 4.34. The van der Waals surface area contributed by atoms with Crippen molar-refractivity contribution in [1.82, 2.24) is 13.7 Å². The molecule has 2 heterocycles. The van der Waals surface area contributed by atoms with Crippen molar-refractivity contribution in [1.29, 1.82) is 5.26 Å². The van der Waals surface area contributed by atoms with Gasteiger partial charge in [0, 0.05) is 24.7 Å². The number of nitrogens with zero attached hydrogens (tertiary/aromatic N) is 4. The average Bonchev–Trinajstić information content (AvgIpc) is 2.94. The minimum absolute atomic E-state index is 0.0394. The molecule has 20 heavy (non-hydrogen) atoms. The molecule has 2 rings (SSSR count). The average molecular weight is 333 g/mol. The second-order valence-electron chi connectivity index (χ2n) is 4.25. The SMILES string of the molecule is CCN(CC(C)C#N)S(=O)(=O)c1c(Cl)nc2sccn12. The Hall–Kier alpha value is -1.14. The molecule has 2 aromatic heterocycles. The Labute approximate surface area is 126 Å². The minimum Gasteiger partial charge on any atom is -0.279 e. The van der Waals surface area contributed by atoms with E-state index in [1.54, 1.807) is 25.4 Å². The van der Waals surface area contributed by atoms with Gasteiger partial charge in [-0.2, -0.15) is 9.57 Å². The Morgan fingerprint density at radius 1 is 1.65 bits per heavy atom. The number of sulfonamides is 1. The number of aromatic nitrogens is 2. The number of fused-ring (bicyclic) bond motifs is 1. The summed E-state index contributed by atoms with van der Waals surface area (Å²) in [5.41, 5.74) is 0. The predicted molar refractivity (Wildman–Crippen MR) is 77.3 cm³/mol. The number of nitriles is 1. The molecule has 108 valence electrons. The third-order valence-corrected chi connectivity index (χ3v) is 5.91. The van der Waals surface area contributed by atoms with Crippen LogP contribution in [0.2, 0.25) is 5.15 Å². The Bertz CT molecular complexity index is 759. The lowest BCUT2D eigenvalue weighted by Gasteiger charge is -2.20. The number of halogens is 1. The zero-order valence-corrected chi connectivity index (χ0v) is 13.3. The highest BCUT2D eigenvalue weighted by atomic mass is 35.5. The van der Waals surface area contributed by atoms with E-state index in [0.29, 0.717) is 4.96 Å². The van der Waals surface area contributed by atoms with E-state index in [1.165, 1.54) is 20.0 Å². The largest absolute Gasteiger partial charge is 0.279 e. The van der Waals surface area contributed by atoms with Gasteiger partial charge >= 0.3 is 0 Å². The summed E-state index contributed by atoms with van der Waals surface area (Å²) < 4.78 is 28.1. The van der Waals surface area contributed by atoms with Gasteiger partial charge < -0.3 is 0 Å². The van der Waals surface area contributed by atoms with Crippen molar-refractivity contribution in [2.45, 2.75) is 18.9 Å². The summed E-state index contributed by atoms with van der Waals surface area (Å²) in [6, 6.07) is 2.03. The molecule has 6 nitrogen and oxygen atoms in total. The zero-order valence-electron chi connectivity index (χ0n) is 10.9. The molecule has 0 saturated heterocycles. The van der Waals surface area contributed by atoms with Gasteiger partial charge in [-0.3, -0.25) is 4.40 Å². The van der Waals surface area contributed by atoms with Crippen molar-refractivity contribution < 1.29 is 8.42 Å². The van der Waals surface area contributed by atoms with Gasteiger partial charge in [0.2, 0.25) is 0 Å². The third-order valence-electron chi connectivity index (χ3n) is 2.81. The van der Waals surface area contributed by atoms with Gasteiger partial charge in [0.25, 0.3) is 10.0 Å². The fourth-order valence-corrected chi connectivity index (χ4v) is 4.78. The molecule has 2 aromatic rings. The fourth-order valence-electron chi connectivity index (χ4n) is 1.84. The number of thiazole rings is 1. The van der Waals surface area contributed by atoms with Gasteiger partial charge in [0.05, 0.1) is 12.0 Å². The molecule has 0 N–H and O–H groups in total. The van der Waals surface area contributed by atoms with Crippen LogP contribution in [0.15, 0.2) is 16.6 Å². The lowest BCUT2D eigenvalue weighted by Crippen LogP contribution is -2.35. The fraction of sp³-hybridized carbons (Fsp3) is 0.455. The molecule has 0 bridgehead atoms. The highest BCUT2D eigenvalue weighted by molar-refractivity contribution is 7.89. The molecule has 0 spiro atoms. The normalized spacial score (nSPS) is 13.8. The molecule has 0 aromatic carbocycles. The molecule has 0 radical (unpaired) electrons. The lowest BCUT2D eigenvalue weighted by molar-refractivity contribution is 0.398. The smallest absolute Gasteiger partial charge is 0.262 e. The number of rotatable bonds is 5. The van der Waals surface area contributed by atoms with E-state index in [-0.39, 0.29) is 23.3 Å². The summed E-state index contributed by atoms with van der Waals surface area (Å²) in [6.07, 6.45) is 1.62. The number of imidazole rings is 1. The summed E-state index contributed by atoms with van der Waals surface area (Å²) in [5, 5.41) is 10.5. The Balaban J connectivity index is 2.50. The van der Waals surface area contributed by atoms with Crippen molar-refractivity contribution >= 4 is 37.9 Å².